The predicted octanol–water partition coefficient (Wildman–Crippen LogP) is 3.32. The molecule has 0 bridgehead atoms. The van der Waals surface area contributed by atoms with Crippen molar-refractivity contribution in [3.05, 3.63) is 46.8 Å². The Labute approximate surface area is 119 Å². The first kappa shape index (κ1) is 14.6. The van der Waals surface area contributed by atoms with Crippen molar-refractivity contribution in [3.63, 3.8) is 0 Å². The maximum absolute atomic E-state index is 5.77. The van der Waals surface area contributed by atoms with E-state index in [4.69, 9.17) is 15.0 Å². The highest BCUT2D eigenvalue weighted by atomic mass is 16.5. The number of aromatic nitrogens is 1. The van der Waals surface area contributed by atoms with Gasteiger partial charge >= 0.3 is 0 Å². The van der Waals surface area contributed by atoms with E-state index in [2.05, 4.69) is 45.0 Å². The molecule has 2 N–H and O–H groups in total. The quantitative estimate of drug-likeness (QED) is 0.929. The van der Waals surface area contributed by atoms with Gasteiger partial charge in [0.15, 0.2) is 5.76 Å². The van der Waals surface area contributed by atoms with Crippen LogP contribution in [0.5, 0.6) is 5.75 Å². The van der Waals surface area contributed by atoms with Gasteiger partial charge in [0.05, 0.1) is 5.69 Å². The molecule has 108 valence electrons. The van der Waals surface area contributed by atoms with Gasteiger partial charge in [0.25, 0.3) is 0 Å². The van der Waals surface area contributed by atoms with Crippen LogP contribution in [0, 0.1) is 6.92 Å². The zero-order chi connectivity index (χ0) is 14.8. The van der Waals surface area contributed by atoms with Crippen LogP contribution in [-0.2, 0) is 18.6 Å². The van der Waals surface area contributed by atoms with Crippen LogP contribution in [0.25, 0.3) is 0 Å². The van der Waals surface area contributed by atoms with Crippen molar-refractivity contribution in [2.24, 2.45) is 5.73 Å². The Kier molecular flexibility index (Phi) is 4.14. The molecule has 0 fully saturated rings. The first-order valence-corrected chi connectivity index (χ1v) is 6.78. The first-order chi connectivity index (χ1) is 9.40. The molecule has 0 saturated heterocycles. The van der Waals surface area contributed by atoms with Gasteiger partial charge in [0.1, 0.15) is 12.4 Å². The number of benzene rings is 1. The Morgan fingerprint density at radius 1 is 1.25 bits per heavy atom. The minimum absolute atomic E-state index is 0.143. The summed E-state index contributed by atoms with van der Waals surface area (Å²) in [5.41, 5.74) is 8.79. The zero-order valence-corrected chi connectivity index (χ0v) is 12.6. The Bertz CT molecular complexity index is 582. The number of ether oxygens (including phenoxy) is 1. The number of nitrogens with zero attached hydrogens (tertiary/aromatic N) is 1. The van der Waals surface area contributed by atoms with E-state index in [9.17, 15) is 0 Å². The Balaban J connectivity index is 2.06. The lowest BCUT2D eigenvalue weighted by atomic mass is 9.86. The maximum Gasteiger partial charge on any atom is 0.174 e. The van der Waals surface area contributed by atoms with Crippen molar-refractivity contribution in [2.75, 3.05) is 0 Å². The summed E-state index contributed by atoms with van der Waals surface area (Å²) in [6.07, 6.45) is 0. The number of rotatable bonds is 4. The Morgan fingerprint density at radius 2 is 2.00 bits per heavy atom. The molecule has 1 heterocycles. The fourth-order valence-corrected chi connectivity index (χ4v) is 1.95. The smallest absolute Gasteiger partial charge is 0.174 e. The minimum Gasteiger partial charge on any atom is -0.485 e. The van der Waals surface area contributed by atoms with Crippen LogP contribution in [-0.4, -0.2) is 5.16 Å². The second-order valence-corrected chi connectivity index (χ2v) is 6.01. The fourth-order valence-electron chi connectivity index (χ4n) is 1.95. The molecule has 0 aliphatic heterocycles. The average Bonchev–Trinajstić information content (AvgIpc) is 2.84. The van der Waals surface area contributed by atoms with Gasteiger partial charge < -0.3 is 15.0 Å². The van der Waals surface area contributed by atoms with E-state index in [0.717, 1.165) is 17.0 Å². The van der Waals surface area contributed by atoms with Gasteiger partial charge in [0, 0.05) is 12.6 Å². The van der Waals surface area contributed by atoms with Gasteiger partial charge in [-0.1, -0.05) is 38.1 Å². The van der Waals surface area contributed by atoms with Crippen molar-refractivity contribution in [1.29, 1.82) is 0 Å². The summed E-state index contributed by atoms with van der Waals surface area (Å²) in [6, 6.07) is 8.10. The number of hydrogen-bond acceptors (Lipinski definition) is 4. The van der Waals surface area contributed by atoms with E-state index in [-0.39, 0.29) is 5.41 Å². The monoisotopic (exact) mass is 274 g/mol. The minimum atomic E-state index is 0.143. The molecule has 1 aromatic carbocycles. The van der Waals surface area contributed by atoms with Crippen LogP contribution in [0.15, 0.2) is 28.8 Å². The van der Waals surface area contributed by atoms with E-state index in [1.165, 1.54) is 5.56 Å². The van der Waals surface area contributed by atoms with Crippen LogP contribution >= 0.6 is 0 Å². The second kappa shape index (κ2) is 5.67. The third kappa shape index (κ3) is 3.39. The molecule has 0 amide bonds. The van der Waals surface area contributed by atoms with Crippen LogP contribution in [0.2, 0.25) is 0 Å². The Morgan fingerprint density at radius 3 is 2.55 bits per heavy atom. The molecule has 2 aromatic rings. The van der Waals surface area contributed by atoms with E-state index < -0.39 is 0 Å². The van der Waals surface area contributed by atoms with Crippen LogP contribution in [0.4, 0.5) is 0 Å². The van der Waals surface area contributed by atoms with Crippen molar-refractivity contribution < 1.29 is 9.26 Å². The molecule has 0 saturated carbocycles. The van der Waals surface area contributed by atoms with Crippen molar-refractivity contribution >= 4 is 0 Å². The third-order valence-electron chi connectivity index (χ3n) is 3.23. The van der Waals surface area contributed by atoms with Crippen LogP contribution in [0.3, 0.4) is 0 Å². The molecule has 1 aromatic heterocycles. The van der Waals surface area contributed by atoms with Crippen LogP contribution in [0.1, 0.15) is 43.4 Å². The summed E-state index contributed by atoms with van der Waals surface area (Å²) < 4.78 is 10.9. The number of nitrogens with two attached hydrogens (primary N) is 1. The standard InChI is InChI=1S/C16H22N2O2/c1-11-7-12(16(2,3)4)5-6-15(11)19-10-14-8-13(9-17)18-20-14/h5-8H,9-10,17H2,1-4H3. The predicted molar refractivity (Wildman–Crippen MR) is 78.6 cm³/mol. The molecule has 0 unspecified atom stereocenters. The summed E-state index contributed by atoms with van der Waals surface area (Å²) >= 11 is 0. The summed E-state index contributed by atoms with van der Waals surface area (Å²) in [5, 5.41) is 3.84. The zero-order valence-electron chi connectivity index (χ0n) is 12.6. The highest BCUT2D eigenvalue weighted by Gasteiger charge is 2.15. The van der Waals surface area contributed by atoms with Gasteiger partial charge in [0.2, 0.25) is 0 Å². The average molecular weight is 274 g/mol. The second-order valence-electron chi connectivity index (χ2n) is 6.01. The van der Waals surface area contributed by atoms with Gasteiger partial charge in [-0.3, -0.25) is 0 Å². The van der Waals surface area contributed by atoms with Crippen molar-refractivity contribution in [1.82, 2.24) is 5.16 Å². The molecular weight excluding hydrogens is 252 g/mol. The van der Waals surface area contributed by atoms with Gasteiger partial charge in [-0.25, -0.2) is 0 Å². The normalized spacial score (nSPS) is 11.7. The SMILES string of the molecule is Cc1cc(C(C)(C)C)ccc1OCc1cc(CN)no1. The first-order valence-electron chi connectivity index (χ1n) is 6.78. The summed E-state index contributed by atoms with van der Waals surface area (Å²) in [5.74, 6) is 1.55. The molecule has 0 aliphatic carbocycles. The third-order valence-corrected chi connectivity index (χ3v) is 3.23. The maximum atomic E-state index is 5.77. The molecule has 0 radical (unpaired) electrons. The molecule has 4 nitrogen and oxygen atoms in total. The highest BCUT2D eigenvalue weighted by molar-refractivity contribution is 5.38. The van der Waals surface area contributed by atoms with E-state index in [1.807, 2.05) is 12.1 Å². The topological polar surface area (TPSA) is 61.3 Å². The molecule has 0 spiro atoms. The summed E-state index contributed by atoms with van der Waals surface area (Å²) in [7, 11) is 0. The molecule has 20 heavy (non-hydrogen) atoms. The van der Waals surface area contributed by atoms with Gasteiger partial charge in [-0.15, -0.1) is 0 Å². The molecule has 2 rings (SSSR count). The highest BCUT2D eigenvalue weighted by Crippen LogP contribution is 2.27. The van der Waals surface area contributed by atoms with E-state index >= 15 is 0 Å². The number of hydrogen-bond donors (Lipinski definition) is 1. The molecule has 4 heteroatoms. The summed E-state index contributed by atoms with van der Waals surface area (Å²) in [6.45, 7) is 9.39. The molecule has 0 atom stereocenters. The lowest BCUT2D eigenvalue weighted by Crippen LogP contribution is -2.11. The van der Waals surface area contributed by atoms with Crippen LogP contribution < -0.4 is 10.5 Å². The van der Waals surface area contributed by atoms with Crippen molar-refractivity contribution in [2.45, 2.75) is 46.3 Å². The number of aryl methyl sites for hydroxylation is 1. The lowest BCUT2D eigenvalue weighted by Gasteiger charge is -2.20. The lowest BCUT2D eigenvalue weighted by molar-refractivity contribution is 0.247. The largest absolute Gasteiger partial charge is 0.485 e. The summed E-state index contributed by atoms with van der Waals surface area (Å²) in [4.78, 5) is 0. The molecular formula is C16H22N2O2. The Hall–Kier alpha value is -1.81. The van der Waals surface area contributed by atoms with E-state index in [1.54, 1.807) is 0 Å². The van der Waals surface area contributed by atoms with Crippen molar-refractivity contribution in [3.8, 4) is 5.75 Å². The fraction of sp³-hybridized carbons (Fsp3) is 0.438. The molecule has 0 aliphatic rings. The van der Waals surface area contributed by atoms with Gasteiger partial charge in [-0.05, 0) is 29.5 Å². The van der Waals surface area contributed by atoms with E-state index in [0.29, 0.717) is 18.9 Å². The van der Waals surface area contributed by atoms with Gasteiger partial charge in [-0.2, -0.15) is 0 Å².